The second kappa shape index (κ2) is 5.30. The van der Waals surface area contributed by atoms with Crippen LogP contribution in [0.1, 0.15) is 6.92 Å². The van der Waals surface area contributed by atoms with E-state index in [0.717, 1.165) is 6.54 Å². The van der Waals surface area contributed by atoms with Gasteiger partial charge in [-0.05, 0) is 6.92 Å². The van der Waals surface area contributed by atoms with Gasteiger partial charge in [-0.2, -0.15) is 15.0 Å². The van der Waals surface area contributed by atoms with Gasteiger partial charge in [-0.1, -0.05) is 0 Å². The van der Waals surface area contributed by atoms with Crippen LogP contribution in [0.15, 0.2) is 18.7 Å². The Morgan fingerprint density at radius 1 is 1.44 bits per heavy atom. The van der Waals surface area contributed by atoms with Gasteiger partial charge in [-0.3, -0.25) is 0 Å². The van der Waals surface area contributed by atoms with Crippen LogP contribution < -0.4 is 15.8 Å². The molecule has 96 valence electrons. The van der Waals surface area contributed by atoms with Gasteiger partial charge < -0.3 is 20.4 Å². The molecule has 0 aliphatic rings. The molecule has 2 aromatic heterocycles. The summed E-state index contributed by atoms with van der Waals surface area (Å²) in [5.74, 6) is 0.520. The number of nitrogens with one attached hydrogen (secondary N) is 1. The van der Waals surface area contributed by atoms with Crippen LogP contribution in [0, 0.1) is 0 Å². The number of nitrogens with zero attached hydrogens (tertiary/aromatic N) is 5. The van der Waals surface area contributed by atoms with Crippen molar-refractivity contribution in [3.05, 3.63) is 18.7 Å². The Balaban J connectivity index is 2.02. The van der Waals surface area contributed by atoms with Crippen molar-refractivity contribution in [1.82, 2.24) is 24.5 Å². The molecule has 0 saturated carbocycles. The van der Waals surface area contributed by atoms with E-state index in [-0.39, 0.29) is 18.0 Å². The van der Waals surface area contributed by atoms with Crippen molar-refractivity contribution in [2.24, 2.45) is 0 Å². The molecule has 0 amide bonds. The zero-order valence-electron chi connectivity index (χ0n) is 10.2. The van der Waals surface area contributed by atoms with Gasteiger partial charge in [0.05, 0.1) is 13.4 Å². The van der Waals surface area contributed by atoms with Crippen LogP contribution >= 0.6 is 0 Å². The number of nitrogens with two attached hydrogens (primary N) is 1. The Morgan fingerprint density at radius 2 is 2.28 bits per heavy atom. The molecule has 2 aromatic rings. The number of ether oxygens (including phenoxy) is 1. The van der Waals surface area contributed by atoms with Crippen LogP contribution in [0.2, 0.25) is 0 Å². The maximum atomic E-state index is 5.55. The molecule has 0 fully saturated rings. The number of rotatable bonds is 5. The minimum Gasteiger partial charge on any atom is -0.467 e. The van der Waals surface area contributed by atoms with Gasteiger partial charge in [0.2, 0.25) is 11.9 Å². The molecule has 0 aromatic carbocycles. The first-order valence-electron chi connectivity index (χ1n) is 5.45. The standard InChI is InChI=1S/C10H15N7O/c1-7(5-17-4-3-12-6-17)13-9-14-8(11)15-10(16-9)18-2/h3-4,6-7H,5H2,1-2H3,(H3,11,13,14,15,16). The highest BCUT2D eigenvalue weighted by Gasteiger charge is 2.08. The Kier molecular flexibility index (Phi) is 3.56. The van der Waals surface area contributed by atoms with Crippen molar-refractivity contribution in [2.75, 3.05) is 18.2 Å². The summed E-state index contributed by atoms with van der Waals surface area (Å²) in [5, 5.41) is 3.12. The fourth-order valence-corrected chi connectivity index (χ4v) is 1.50. The minimum absolute atomic E-state index is 0.116. The predicted molar refractivity (Wildman–Crippen MR) is 66.1 cm³/mol. The average Bonchev–Trinajstić information content (AvgIpc) is 2.80. The van der Waals surface area contributed by atoms with Crippen molar-refractivity contribution in [3.8, 4) is 6.01 Å². The molecule has 3 N–H and O–H groups in total. The second-order valence-corrected chi connectivity index (χ2v) is 3.81. The van der Waals surface area contributed by atoms with Crippen molar-refractivity contribution < 1.29 is 4.74 Å². The average molecular weight is 249 g/mol. The summed E-state index contributed by atoms with van der Waals surface area (Å²) in [7, 11) is 1.48. The van der Waals surface area contributed by atoms with Crippen LogP contribution in [0.25, 0.3) is 0 Å². The number of nitrogen functional groups attached to an aromatic ring is 1. The molecule has 8 heteroatoms. The Labute approximate surface area is 104 Å². The maximum absolute atomic E-state index is 5.55. The normalized spacial score (nSPS) is 12.1. The van der Waals surface area contributed by atoms with Crippen LogP contribution in [0.4, 0.5) is 11.9 Å². The van der Waals surface area contributed by atoms with Crippen LogP contribution in [0.3, 0.4) is 0 Å². The largest absolute Gasteiger partial charge is 0.467 e. The highest BCUT2D eigenvalue weighted by Crippen LogP contribution is 2.09. The monoisotopic (exact) mass is 249 g/mol. The molecule has 0 aliphatic carbocycles. The van der Waals surface area contributed by atoms with Gasteiger partial charge >= 0.3 is 6.01 Å². The maximum Gasteiger partial charge on any atom is 0.322 e. The van der Waals surface area contributed by atoms with E-state index in [9.17, 15) is 0 Å². The molecule has 1 unspecified atom stereocenters. The molecule has 2 heterocycles. The molecule has 0 aliphatic heterocycles. The third-order valence-corrected chi connectivity index (χ3v) is 2.23. The molecule has 18 heavy (non-hydrogen) atoms. The molecule has 0 saturated heterocycles. The van der Waals surface area contributed by atoms with Gasteiger partial charge in [0, 0.05) is 25.0 Å². The highest BCUT2D eigenvalue weighted by atomic mass is 16.5. The molecule has 8 nitrogen and oxygen atoms in total. The summed E-state index contributed by atoms with van der Waals surface area (Å²) in [5.41, 5.74) is 5.55. The number of hydrogen-bond acceptors (Lipinski definition) is 7. The zero-order chi connectivity index (χ0) is 13.0. The van der Waals surface area contributed by atoms with Crippen molar-refractivity contribution >= 4 is 11.9 Å². The summed E-state index contributed by atoms with van der Waals surface area (Å²) in [6.45, 7) is 2.75. The summed E-state index contributed by atoms with van der Waals surface area (Å²) in [6, 6.07) is 0.311. The molecular formula is C10H15N7O. The molecule has 0 spiro atoms. The van der Waals surface area contributed by atoms with Crippen LogP contribution in [0.5, 0.6) is 6.01 Å². The lowest BCUT2D eigenvalue weighted by Gasteiger charge is -2.14. The summed E-state index contributed by atoms with van der Waals surface area (Å²) in [6.07, 6.45) is 5.37. The number of anilines is 2. The van der Waals surface area contributed by atoms with E-state index in [1.165, 1.54) is 7.11 Å². The van der Waals surface area contributed by atoms with E-state index in [4.69, 9.17) is 10.5 Å². The van der Waals surface area contributed by atoms with Gasteiger partial charge in [0.1, 0.15) is 0 Å². The Hall–Kier alpha value is -2.38. The summed E-state index contributed by atoms with van der Waals surface area (Å²) < 4.78 is 6.88. The molecular weight excluding hydrogens is 234 g/mol. The molecule has 0 bridgehead atoms. The zero-order valence-corrected chi connectivity index (χ0v) is 10.2. The lowest BCUT2D eigenvalue weighted by atomic mass is 10.3. The van der Waals surface area contributed by atoms with E-state index in [1.807, 2.05) is 17.7 Å². The fourth-order valence-electron chi connectivity index (χ4n) is 1.50. The van der Waals surface area contributed by atoms with Gasteiger partial charge in [0.25, 0.3) is 0 Å². The minimum atomic E-state index is 0.116. The Morgan fingerprint density at radius 3 is 2.94 bits per heavy atom. The molecule has 1 atom stereocenters. The van der Waals surface area contributed by atoms with E-state index in [2.05, 4.69) is 25.3 Å². The van der Waals surface area contributed by atoms with E-state index in [0.29, 0.717) is 5.95 Å². The topological polar surface area (TPSA) is 104 Å². The first-order valence-corrected chi connectivity index (χ1v) is 5.45. The van der Waals surface area contributed by atoms with Crippen LogP contribution in [-0.2, 0) is 6.54 Å². The quantitative estimate of drug-likeness (QED) is 0.777. The smallest absolute Gasteiger partial charge is 0.322 e. The van der Waals surface area contributed by atoms with Gasteiger partial charge in [-0.25, -0.2) is 4.98 Å². The summed E-state index contributed by atoms with van der Waals surface area (Å²) >= 11 is 0. The van der Waals surface area contributed by atoms with E-state index >= 15 is 0 Å². The van der Waals surface area contributed by atoms with E-state index in [1.54, 1.807) is 12.5 Å². The second-order valence-electron chi connectivity index (χ2n) is 3.81. The lowest BCUT2D eigenvalue weighted by Crippen LogP contribution is -2.23. The first kappa shape index (κ1) is 12.1. The first-order chi connectivity index (χ1) is 8.67. The third-order valence-electron chi connectivity index (χ3n) is 2.23. The number of aromatic nitrogens is 5. The molecule has 2 rings (SSSR count). The van der Waals surface area contributed by atoms with Crippen molar-refractivity contribution in [1.29, 1.82) is 0 Å². The number of imidazole rings is 1. The predicted octanol–water partition coefficient (Wildman–Crippen LogP) is 0.159. The summed E-state index contributed by atoms with van der Waals surface area (Å²) in [4.78, 5) is 15.8. The van der Waals surface area contributed by atoms with Crippen LogP contribution in [-0.4, -0.2) is 37.7 Å². The van der Waals surface area contributed by atoms with Gasteiger partial charge in [0.15, 0.2) is 0 Å². The van der Waals surface area contributed by atoms with Crippen molar-refractivity contribution in [2.45, 2.75) is 19.5 Å². The number of methoxy groups -OCH3 is 1. The van der Waals surface area contributed by atoms with E-state index < -0.39 is 0 Å². The third kappa shape index (κ3) is 3.06. The molecule has 0 radical (unpaired) electrons. The number of hydrogen-bond donors (Lipinski definition) is 2. The van der Waals surface area contributed by atoms with Crippen molar-refractivity contribution in [3.63, 3.8) is 0 Å². The fraction of sp³-hybridized carbons (Fsp3) is 0.400. The Bertz CT molecular complexity index is 499. The SMILES string of the molecule is COc1nc(N)nc(NC(C)Cn2ccnc2)n1. The van der Waals surface area contributed by atoms with Gasteiger partial charge in [-0.15, -0.1) is 0 Å². The lowest BCUT2D eigenvalue weighted by molar-refractivity contribution is 0.379. The highest BCUT2D eigenvalue weighted by molar-refractivity contribution is 5.33.